The molecule has 0 radical (unpaired) electrons. The number of sulfonamides is 1. The molecule has 0 atom stereocenters. The van der Waals surface area contributed by atoms with E-state index in [4.69, 9.17) is 4.74 Å². The summed E-state index contributed by atoms with van der Waals surface area (Å²) in [7, 11) is -3.73. The predicted octanol–water partition coefficient (Wildman–Crippen LogP) is 3.17. The number of allylic oxidation sites excluding steroid dienone is 1. The normalized spacial score (nSPS) is 15.2. The Morgan fingerprint density at radius 3 is 2.73 bits per heavy atom. The van der Waals surface area contributed by atoms with Crippen LogP contribution >= 0.6 is 0 Å². The van der Waals surface area contributed by atoms with E-state index in [1.54, 1.807) is 30.3 Å². The molecule has 2 aromatic carbocycles. The topological polar surface area (TPSA) is 84.5 Å². The standard InChI is InChI=1S/C19H18N2O4S/c1-11(2)18-15-10-13(3-5-16(15)20-19(18)22)21-26(23,24)14-4-6-17-12(9-14)7-8-25-17/h3-6,9-10,21H,7-8H2,1-2H3,(H,20,22). The second kappa shape index (κ2) is 5.88. The van der Waals surface area contributed by atoms with Gasteiger partial charge in [-0.2, -0.15) is 0 Å². The van der Waals surface area contributed by atoms with Crippen LogP contribution in [0.15, 0.2) is 46.9 Å². The van der Waals surface area contributed by atoms with Crippen LogP contribution < -0.4 is 14.8 Å². The number of carbonyl (C=O) groups is 1. The van der Waals surface area contributed by atoms with Gasteiger partial charge in [0.1, 0.15) is 5.75 Å². The van der Waals surface area contributed by atoms with E-state index in [0.29, 0.717) is 35.5 Å². The van der Waals surface area contributed by atoms with Gasteiger partial charge in [0.2, 0.25) is 0 Å². The van der Waals surface area contributed by atoms with Crippen molar-refractivity contribution >= 4 is 32.9 Å². The Morgan fingerprint density at radius 1 is 1.15 bits per heavy atom. The van der Waals surface area contributed by atoms with Crippen LogP contribution in [0.1, 0.15) is 25.0 Å². The van der Waals surface area contributed by atoms with E-state index >= 15 is 0 Å². The lowest BCUT2D eigenvalue weighted by molar-refractivity contribution is -0.110. The lowest BCUT2D eigenvalue weighted by Gasteiger charge is -2.11. The number of nitrogens with one attached hydrogen (secondary N) is 2. The van der Waals surface area contributed by atoms with Crippen molar-refractivity contribution in [3.63, 3.8) is 0 Å². The highest BCUT2D eigenvalue weighted by Gasteiger charge is 2.26. The highest BCUT2D eigenvalue weighted by atomic mass is 32.2. The number of benzene rings is 2. The number of anilines is 2. The van der Waals surface area contributed by atoms with E-state index < -0.39 is 10.0 Å². The van der Waals surface area contributed by atoms with E-state index in [1.807, 2.05) is 13.8 Å². The number of fused-ring (bicyclic) bond motifs is 2. The minimum absolute atomic E-state index is 0.168. The summed E-state index contributed by atoms with van der Waals surface area (Å²) in [6.07, 6.45) is 0.704. The maximum Gasteiger partial charge on any atom is 0.261 e. The Hall–Kier alpha value is -2.80. The third-order valence-corrected chi connectivity index (χ3v) is 5.87. The third-order valence-electron chi connectivity index (χ3n) is 4.49. The van der Waals surface area contributed by atoms with E-state index in [1.165, 1.54) is 6.07 Å². The zero-order valence-electron chi connectivity index (χ0n) is 14.4. The molecule has 26 heavy (non-hydrogen) atoms. The maximum atomic E-state index is 12.7. The van der Waals surface area contributed by atoms with E-state index in [2.05, 4.69) is 10.0 Å². The first kappa shape index (κ1) is 16.7. The van der Waals surface area contributed by atoms with Gasteiger partial charge in [-0.05, 0) is 55.8 Å². The highest BCUT2D eigenvalue weighted by molar-refractivity contribution is 7.92. The molecule has 0 unspecified atom stereocenters. The number of carbonyl (C=O) groups excluding carboxylic acids is 1. The number of rotatable bonds is 3. The monoisotopic (exact) mass is 370 g/mol. The van der Waals surface area contributed by atoms with Crippen molar-refractivity contribution in [1.29, 1.82) is 0 Å². The van der Waals surface area contributed by atoms with Crippen LogP contribution in [0.4, 0.5) is 11.4 Å². The Balaban J connectivity index is 1.68. The van der Waals surface area contributed by atoms with Crippen molar-refractivity contribution < 1.29 is 17.9 Å². The molecular weight excluding hydrogens is 352 g/mol. The van der Waals surface area contributed by atoms with Crippen LogP contribution in [0.3, 0.4) is 0 Å². The van der Waals surface area contributed by atoms with E-state index in [9.17, 15) is 13.2 Å². The van der Waals surface area contributed by atoms with Gasteiger partial charge < -0.3 is 10.1 Å². The fourth-order valence-corrected chi connectivity index (χ4v) is 4.37. The predicted molar refractivity (Wildman–Crippen MR) is 99.8 cm³/mol. The molecule has 7 heteroatoms. The molecule has 2 aliphatic heterocycles. The molecule has 2 aliphatic rings. The van der Waals surface area contributed by atoms with Gasteiger partial charge in [-0.1, -0.05) is 5.57 Å². The molecule has 134 valence electrons. The van der Waals surface area contributed by atoms with E-state index in [-0.39, 0.29) is 10.8 Å². The van der Waals surface area contributed by atoms with Crippen LogP contribution in [0.2, 0.25) is 0 Å². The number of hydrogen-bond donors (Lipinski definition) is 2. The highest BCUT2D eigenvalue weighted by Crippen LogP contribution is 2.36. The van der Waals surface area contributed by atoms with Crippen LogP contribution in [0.5, 0.6) is 5.75 Å². The smallest absolute Gasteiger partial charge is 0.261 e. The minimum Gasteiger partial charge on any atom is -0.493 e. The average molecular weight is 370 g/mol. The molecule has 1 amide bonds. The lowest BCUT2D eigenvalue weighted by atomic mass is 10.0. The Kier molecular flexibility index (Phi) is 3.77. The third kappa shape index (κ3) is 2.74. The molecular formula is C19H18N2O4S. The summed E-state index contributed by atoms with van der Waals surface area (Å²) in [5.41, 5.74) is 4.15. The van der Waals surface area contributed by atoms with Crippen LogP contribution in [0.25, 0.3) is 5.57 Å². The summed E-state index contributed by atoms with van der Waals surface area (Å²) in [5.74, 6) is 0.567. The summed E-state index contributed by atoms with van der Waals surface area (Å²) in [4.78, 5) is 12.3. The minimum atomic E-state index is -3.73. The number of amides is 1. The molecule has 2 aromatic rings. The Morgan fingerprint density at radius 2 is 1.96 bits per heavy atom. The molecule has 0 saturated heterocycles. The summed E-state index contributed by atoms with van der Waals surface area (Å²) in [5, 5.41) is 2.79. The second-order valence-corrected chi connectivity index (χ2v) is 8.25. The summed E-state index contributed by atoms with van der Waals surface area (Å²) < 4.78 is 33.5. The van der Waals surface area contributed by atoms with Gasteiger partial charge >= 0.3 is 0 Å². The van der Waals surface area contributed by atoms with Crippen molar-refractivity contribution in [2.45, 2.75) is 25.2 Å². The molecule has 4 rings (SSSR count). The number of hydrogen-bond acceptors (Lipinski definition) is 4. The maximum absolute atomic E-state index is 12.7. The van der Waals surface area contributed by atoms with Crippen LogP contribution in [-0.4, -0.2) is 20.9 Å². The molecule has 0 spiro atoms. The van der Waals surface area contributed by atoms with Crippen molar-refractivity contribution in [1.82, 2.24) is 0 Å². The van der Waals surface area contributed by atoms with Crippen molar-refractivity contribution in [3.05, 3.63) is 53.1 Å². The molecule has 2 heterocycles. The molecule has 2 N–H and O–H groups in total. The molecule has 0 aliphatic carbocycles. The van der Waals surface area contributed by atoms with Gasteiger partial charge in [-0.25, -0.2) is 8.42 Å². The van der Waals surface area contributed by atoms with Gasteiger partial charge in [0, 0.05) is 28.9 Å². The fourth-order valence-electron chi connectivity index (χ4n) is 3.27. The molecule has 6 nitrogen and oxygen atoms in total. The Labute approximate surface area is 151 Å². The summed E-state index contributed by atoms with van der Waals surface area (Å²) in [6, 6.07) is 9.89. The summed E-state index contributed by atoms with van der Waals surface area (Å²) >= 11 is 0. The van der Waals surface area contributed by atoms with Crippen LogP contribution in [-0.2, 0) is 21.2 Å². The first-order valence-corrected chi connectivity index (χ1v) is 9.75. The largest absolute Gasteiger partial charge is 0.493 e. The zero-order chi connectivity index (χ0) is 18.5. The Bertz CT molecular complexity index is 1070. The SMILES string of the molecule is CC(C)=C1C(=O)Nc2ccc(NS(=O)(=O)c3ccc4c(c3)CCO4)cc21. The first-order chi connectivity index (χ1) is 12.3. The van der Waals surface area contributed by atoms with Gasteiger partial charge in [-0.15, -0.1) is 0 Å². The van der Waals surface area contributed by atoms with Crippen molar-refractivity contribution in [2.75, 3.05) is 16.6 Å². The first-order valence-electron chi connectivity index (χ1n) is 8.27. The fraction of sp³-hybridized carbons (Fsp3) is 0.211. The lowest BCUT2D eigenvalue weighted by Crippen LogP contribution is -2.13. The van der Waals surface area contributed by atoms with Crippen molar-refractivity contribution in [3.8, 4) is 5.75 Å². The second-order valence-electron chi connectivity index (χ2n) is 6.56. The molecule has 0 fully saturated rings. The number of ether oxygens (including phenoxy) is 1. The van der Waals surface area contributed by atoms with Crippen LogP contribution in [0, 0.1) is 0 Å². The summed E-state index contributed by atoms with van der Waals surface area (Å²) in [6.45, 7) is 4.28. The van der Waals surface area contributed by atoms with Crippen molar-refractivity contribution in [2.24, 2.45) is 0 Å². The molecule has 0 saturated carbocycles. The van der Waals surface area contributed by atoms with Gasteiger partial charge in [-0.3, -0.25) is 9.52 Å². The van der Waals surface area contributed by atoms with Gasteiger partial charge in [0.25, 0.3) is 15.9 Å². The quantitative estimate of drug-likeness (QED) is 0.813. The van der Waals surface area contributed by atoms with E-state index in [0.717, 1.165) is 16.9 Å². The van der Waals surface area contributed by atoms with Gasteiger partial charge in [0.15, 0.2) is 0 Å². The molecule has 0 bridgehead atoms. The van der Waals surface area contributed by atoms with Gasteiger partial charge in [0.05, 0.1) is 11.5 Å². The zero-order valence-corrected chi connectivity index (χ0v) is 15.2. The molecule has 0 aromatic heterocycles. The average Bonchev–Trinajstić information content (AvgIpc) is 3.16.